The van der Waals surface area contributed by atoms with Gasteiger partial charge in [0.2, 0.25) is 0 Å². The van der Waals surface area contributed by atoms with Crippen molar-refractivity contribution >= 4 is 12.2 Å². The third kappa shape index (κ3) is 2.76. The van der Waals surface area contributed by atoms with Gasteiger partial charge in [-0.2, -0.15) is 0 Å². The fourth-order valence-corrected chi connectivity index (χ4v) is 3.02. The molecule has 2 unspecified atom stereocenters. The molecule has 2 atom stereocenters. The van der Waals surface area contributed by atoms with Crippen LogP contribution in [0, 0.1) is 24.4 Å². The second-order valence-corrected chi connectivity index (χ2v) is 5.70. The quantitative estimate of drug-likeness (QED) is 0.786. The summed E-state index contributed by atoms with van der Waals surface area (Å²) in [6.45, 7) is 6.43. The van der Waals surface area contributed by atoms with E-state index in [1.165, 1.54) is 37.8 Å². The summed E-state index contributed by atoms with van der Waals surface area (Å²) in [5.74, 6) is 2.59. The van der Waals surface area contributed by atoms with Gasteiger partial charge in [0.05, 0.1) is 0 Å². The van der Waals surface area contributed by atoms with Gasteiger partial charge in [0.1, 0.15) is 10.5 Å². The highest BCUT2D eigenvalue weighted by Gasteiger charge is 2.23. The Morgan fingerprint density at radius 1 is 1.35 bits per heavy atom. The van der Waals surface area contributed by atoms with Gasteiger partial charge < -0.3 is 4.98 Å². The highest BCUT2D eigenvalue weighted by molar-refractivity contribution is 7.71. The van der Waals surface area contributed by atoms with E-state index < -0.39 is 0 Å². The summed E-state index contributed by atoms with van der Waals surface area (Å²) in [6.07, 6.45) is 6.55. The molecule has 1 aromatic heterocycles. The van der Waals surface area contributed by atoms with Gasteiger partial charge >= 0.3 is 0 Å². The first-order chi connectivity index (χ1) is 8.11. The maximum atomic E-state index is 5.32. The average molecular weight is 250 g/mol. The van der Waals surface area contributed by atoms with Crippen LogP contribution in [0.1, 0.15) is 62.0 Å². The van der Waals surface area contributed by atoms with Crippen LogP contribution in [-0.2, 0) is 0 Å². The first kappa shape index (κ1) is 12.7. The van der Waals surface area contributed by atoms with Crippen LogP contribution in [-0.4, -0.2) is 9.97 Å². The Morgan fingerprint density at radius 3 is 2.76 bits per heavy atom. The molecule has 94 valence electrons. The first-order valence-corrected chi connectivity index (χ1v) is 7.10. The van der Waals surface area contributed by atoms with Crippen molar-refractivity contribution in [3.8, 4) is 0 Å². The van der Waals surface area contributed by atoms with E-state index >= 15 is 0 Å². The predicted octanol–water partition coefficient (Wildman–Crippen LogP) is 4.44. The largest absolute Gasteiger partial charge is 0.347 e. The van der Waals surface area contributed by atoms with Crippen molar-refractivity contribution in [1.29, 1.82) is 0 Å². The third-order valence-corrected chi connectivity index (χ3v) is 4.57. The Balaban J connectivity index is 2.25. The molecular weight excluding hydrogens is 228 g/mol. The molecular formula is C14H22N2S. The topological polar surface area (TPSA) is 28.7 Å². The van der Waals surface area contributed by atoms with E-state index in [1.807, 2.05) is 6.92 Å². The lowest BCUT2D eigenvalue weighted by molar-refractivity contribution is 0.306. The molecule has 0 aliphatic heterocycles. The van der Waals surface area contributed by atoms with Crippen molar-refractivity contribution in [2.75, 3.05) is 0 Å². The summed E-state index contributed by atoms with van der Waals surface area (Å²) < 4.78 is 0.773. The molecule has 1 aliphatic rings. The Bertz CT molecular complexity index is 450. The molecule has 1 fully saturated rings. The Hall–Kier alpha value is -0.700. The van der Waals surface area contributed by atoms with Crippen LogP contribution < -0.4 is 0 Å². The summed E-state index contributed by atoms with van der Waals surface area (Å²) in [5.41, 5.74) is 2.30. The number of aromatic nitrogens is 2. The molecule has 1 saturated carbocycles. The second-order valence-electron chi connectivity index (χ2n) is 5.31. The fraction of sp³-hybridized carbons (Fsp3) is 0.714. The zero-order chi connectivity index (χ0) is 12.4. The summed E-state index contributed by atoms with van der Waals surface area (Å²) >= 11 is 5.32. The van der Waals surface area contributed by atoms with Crippen LogP contribution in [0.2, 0.25) is 0 Å². The third-order valence-electron chi connectivity index (χ3n) is 4.17. The summed E-state index contributed by atoms with van der Waals surface area (Å²) in [4.78, 5) is 8.04. The predicted molar refractivity (Wildman–Crippen MR) is 73.9 cm³/mol. The van der Waals surface area contributed by atoms with Crippen molar-refractivity contribution in [2.24, 2.45) is 5.92 Å². The summed E-state index contributed by atoms with van der Waals surface area (Å²) in [5, 5.41) is 0. The molecule has 0 amide bonds. The van der Waals surface area contributed by atoms with Crippen molar-refractivity contribution in [1.82, 2.24) is 9.97 Å². The molecule has 1 aromatic rings. The molecule has 2 rings (SSSR count). The van der Waals surface area contributed by atoms with Gasteiger partial charge in [-0.15, -0.1) is 0 Å². The van der Waals surface area contributed by atoms with Gasteiger partial charge in [-0.3, -0.25) is 0 Å². The number of nitrogens with one attached hydrogen (secondary N) is 1. The number of hydrogen-bond donors (Lipinski definition) is 1. The Morgan fingerprint density at radius 2 is 2.12 bits per heavy atom. The molecule has 0 radical (unpaired) electrons. The van der Waals surface area contributed by atoms with E-state index in [0.717, 1.165) is 21.9 Å². The van der Waals surface area contributed by atoms with E-state index in [0.29, 0.717) is 5.92 Å². The molecule has 0 bridgehead atoms. The van der Waals surface area contributed by atoms with Gasteiger partial charge in [0.15, 0.2) is 0 Å². The van der Waals surface area contributed by atoms with E-state index in [1.54, 1.807) is 0 Å². The number of aryl methyl sites for hydroxylation is 1. The highest BCUT2D eigenvalue weighted by atomic mass is 32.1. The van der Waals surface area contributed by atoms with E-state index in [4.69, 9.17) is 12.2 Å². The minimum atomic E-state index is 0.592. The smallest absolute Gasteiger partial charge is 0.132 e. The molecule has 1 heterocycles. The minimum Gasteiger partial charge on any atom is -0.347 e. The lowest BCUT2D eigenvalue weighted by Crippen LogP contribution is -2.16. The van der Waals surface area contributed by atoms with E-state index in [-0.39, 0.29) is 0 Å². The number of hydrogen-bond acceptors (Lipinski definition) is 2. The highest BCUT2D eigenvalue weighted by Crippen LogP contribution is 2.36. The average Bonchev–Trinajstić information content (AvgIpc) is 2.35. The van der Waals surface area contributed by atoms with Crippen LogP contribution in [0.4, 0.5) is 0 Å². The maximum Gasteiger partial charge on any atom is 0.132 e. The molecule has 3 heteroatoms. The Labute approximate surface area is 109 Å². The van der Waals surface area contributed by atoms with E-state index in [2.05, 4.69) is 23.8 Å². The molecule has 0 spiro atoms. The van der Waals surface area contributed by atoms with E-state index in [9.17, 15) is 0 Å². The second kappa shape index (κ2) is 5.30. The molecule has 1 N–H and O–H groups in total. The molecule has 0 aromatic carbocycles. The summed E-state index contributed by atoms with van der Waals surface area (Å²) in [7, 11) is 0. The molecule has 0 saturated heterocycles. The van der Waals surface area contributed by atoms with Crippen molar-refractivity contribution in [3.63, 3.8) is 0 Å². The van der Waals surface area contributed by atoms with Gasteiger partial charge in [-0.05, 0) is 32.6 Å². The number of nitrogens with zero attached hydrogens (tertiary/aromatic N) is 1. The SMILES string of the molecule is CCC1CCCC(c2nc(=S)c(C)c(C)[nH]2)C1. The number of H-pyrrole nitrogens is 1. The monoisotopic (exact) mass is 250 g/mol. The first-order valence-electron chi connectivity index (χ1n) is 6.69. The van der Waals surface area contributed by atoms with Crippen LogP contribution >= 0.6 is 12.2 Å². The lowest BCUT2D eigenvalue weighted by Gasteiger charge is -2.28. The van der Waals surface area contributed by atoms with Gasteiger partial charge in [-0.25, -0.2) is 4.98 Å². The fourth-order valence-electron chi connectivity index (χ4n) is 2.77. The number of aromatic amines is 1. The van der Waals surface area contributed by atoms with Crippen LogP contribution in [0.5, 0.6) is 0 Å². The normalized spacial score (nSPS) is 24.9. The summed E-state index contributed by atoms with van der Waals surface area (Å²) in [6, 6.07) is 0. The molecule has 2 nitrogen and oxygen atoms in total. The van der Waals surface area contributed by atoms with Crippen molar-refractivity contribution in [3.05, 3.63) is 21.7 Å². The van der Waals surface area contributed by atoms with Crippen molar-refractivity contribution in [2.45, 2.75) is 58.8 Å². The zero-order valence-electron chi connectivity index (χ0n) is 11.0. The molecule has 1 aliphatic carbocycles. The van der Waals surface area contributed by atoms with Crippen LogP contribution in [0.3, 0.4) is 0 Å². The van der Waals surface area contributed by atoms with Crippen molar-refractivity contribution < 1.29 is 0 Å². The van der Waals surface area contributed by atoms with Gasteiger partial charge in [0, 0.05) is 17.2 Å². The Kier molecular flexibility index (Phi) is 3.97. The van der Waals surface area contributed by atoms with Crippen LogP contribution in [0.25, 0.3) is 0 Å². The minimum absolute atomic E-state index is 0.592. The molecule has 17 heavy (non-hydrogen) atoms. The maximum absolute atomic E-state index is 5.32. The van der Waals surface area contributed by atoms with Crippen LogP contribution in [0.15, 0.2) is 0 Å². The zero-order valence-corrected chi connectivity index (χ0v) is 11.9. The standard InChI is InChI=1S/C14H22N2S/c1-4-11-6-5-7-12(8-11)13-15-10(3)9(2)14(17)16-13/h11-12H,4-8H2,1-3H3,(H,15,16,17). The number of rotatable bonds is 2. The van der Waals surface area contributed by atoms with Gasteiger partial charge in [0.25, 0.3) is 0 Å². The van der Waals surface area contributed by atoms with Gasteiger partial charge in [-0.1, -0.05) is 38.4 Å². The lowest BCUT2D eigenvalue weighted by atomic mass is 9.80.